The number of benzene rings is 1. The number of methoxy groups -OCH3 is 1. The third kappa shape index (κ3) is 3.70. The number of fused-ring (bicyclic) bond motifs is 1. The number of ether oxygens (including phenoxy) is 2. The number of rotatable bonds is 4. The van der Waals surface area contributed by atoms with Crippen LogP contribution in [0.5, 0.6) is 11.5 Å². The van der Waals surface area contributed by atoms with Gasteiger partial charge in [-0.1, -0.05) is 12.1 Å². The number of H-pyrrole nitrogens is 1. The van der Waals surface area contributed by atoms with Crippen LogP contribution in [0.3, 0.4) is 0 Å². The molecule has 2 aromatic heterocycles. The van der Waals surface area contributed by atoms with E-state index in [4.69, 9.17) is 9.47 Å². The molecule has 3 aromatic rings. The molecule has 0 bridgehead atoms. The van der Waals surface area contributed by atoms with Crippen molar-refractivity contribution in [2.75, 3.05) is 7.11 Å². The first kappa shape index (κ1) is 17.8. The molecule has 23 heavy (non-hydrogen) atoms. The molecule has 2 heterocycles. The Bertz CT molecular complexity index is 843. The van der Waals surface area contributed by atoms with Crippen molar-refractivity contribution in [3.63, 3.8) is 0 Å². The van der Waals surface area contributed by atoms with E-state index in [1.807, 2.05) is 30.3 Å². The molecule has 0 atom stereocenters. The second-order valence-electron chi connectivity index (χ2n) is 4.50. The number of aldehydes is 1. The van der Waals surface area contributed by atoms with Crippen molar-refractivity contribution in [3.05, 3.63) is 42.7 Å². The number of aromatic amines is 1. The number of hydrogen-bond acceptors (Lipinski definition) is 5. The number of carbonyl (C=O) groups is 2. The number of nitrogens with zero attached hydrogens (tertiary/aromatic N) is 1. The zero-order valence-electron chi connectivity index (χ0n) is 12.7. The van der Waals surface area contributed by atoms with Crippen LogP contribution in [-0.4, -0.2) is 80.7 Å². The van der Waals surface area contributed by atoms with E-state index in [2.05, 4.69) is 9.97 Å². The number of carbonyl (C=O) groups excluding carboxylic acids is 2. The molecule has 0 spiro atoms. The number of nitrogens with one attached hydrogen (secondary N) is 1. The SMILES string of the molecule is COc1ccc(-c2ccnc3c(OC(=O)C=O)c[nH]c23)cc1.[K]. The fourth-order valence-corrected chi connectivity index (χ4v) is 2.22. The maximum atomic E-state index is 11.1. The minimum atomic E-state index is -0.961. The molecule has 111 valence electrons. The predicted molar refractivity (Wildman–Crippen MR) is 85.5 cm³/mol. The fourth-order valence-electron chi connectivity index (χ4n) is 2.22. The Hall–Kier alpha value is -1.51. The van der Waals surface area contributed by atoms with Crippen LogP contribution in [0, 0.1) is 0 Å². The molecule has 1 aromatic carbocycles. The largest absolute Gasteiger partial charge is 0.497 e. The second kappa shape index (κ2) is 7.85. The van der Waals surface area contributed by atoms with Gasteiger partial charge in [0.2, 0.25) is 6.29 Å². The zero-order chi connectivity index (χ0) is 15.5. The Labute approximate surface area is 174 Å². The van der Waals surface area contributed by atoms with E-state index in [1.165, 1.54) is 6.20 Å². The molecule has 6 nitrogen and oxygen atoms in total. The topological polar surface area (TPSA) is 81.3 Å². The van der Waals surface area contributed by atoms with Crippen LogP contribution >= 0.6 is 0 Å². The van der Waals surface area contributed by atoms with Gasteiger partial charge in [-0.25, -0.2) is 4.79 Å². The molecule has 0 unspecified atom stereocenters. The molecule has 0 saturated carbocycles. The Balaban J connectivity index is 0.00000192. The number of esters is 1. The summed E-state index contributed by atoms with van der Waals surface area (Å²) >= 11 is 0. The van der Waals surface area contributed by atoms with Crippen molar-refractivity contribution in [2.45, 2.75) is 0 Å². The number of aromatic nitrogens is 2. The van der Waals surface area contributed by atoms with Gasteiger partial charge >= 0.3 is 5.97 Å². The summed E-state index contributed by atoms with van der Waals surface area (Å²) in [5, 5.41) is 0. The third-order valence-electron chi connectivity index (χ3n) is 3.24. The van der Waals surface area contributed by atoms with Gasteiger partial charge < -0.3 is 14.5 Å². The summed E-state index contributed by atoms with van der Waals surface area (Å²) in [5.74, 6) is 0.0288. The van der Waals surface area contributed by atoms with Gasteiger partial charge in [-0.15, -0.1) is 0 Å². The van der Waals surface area contributed by atoms with Gasteiger partial charge in [-0.05, 0) is 23.8 Å². The molecule has 0 aliphatic carbocycles. The van der Waals surface area contributed by atoms with Crippen LogP contribution in [-0.2, 0) is 9.59 Å². The van der Waals surface area contributed by atoms with Gasteiger partial charge in [0.1, 0.15) is 11.3 Å². The summed E-state index contributed by atoms with van der Waals surface area (Å²) in [7, 11) is 1.61. The van der Waals surface area contributed by atoms with Crippen LogP contribution in [0.2, 0.25) is 0 Å². The zero-order valence-corrected chi connectivity index (χ0v) is 15.8. The van der Waals surface area contributed by atoms with E-state index < -0.39 is 5.97 Å². The van der Waals surface area contributed by atoms with Gasteiger partial charge in [0, 0.05) is 69.3 Å². The molecule has 1 radical (unpaired) electrons. The van der Waals surface area contributed by atoms with Crippen molar-refractivity contribution in [2.24, 2.45) is 0 Å². The van der Waals surface area contributed by atoms with E-state index in [0.717, 1.165) is 22.4 Å². The molecule has 0 aliphatic heterocycles. The van der Waals surface area contributed by atoms with Crippen molar-refractivity contribution in [1.29, 1.82) is 0 Å². The third-order valence-corrected chi connectivity index (χ3v) is 3.24. The molecule has 1 N–H and O–H groups in total. The summed E-state index contributed by atoms with van der Waals surface area (Å²) in [6, 6.07) is 9.42. The van der Waals surface area contributed by atoms with Gasteiger partial charge in [0.25, 0.3) is 0 Å². The van der Waals surface area contributed by atoms with Crippen LogP contribution in [0.4, 0.5) is 0 Å². The summed E-state index contributed by atoms with van der Waals surface area (Å²) in [6.45, 7) is 0. The van der Waals surface area contributed by atoms with Gasteiger partial charge in [0.15, 0.2) is 5.75 Å². The van der Waals surface area contributed by atoms with Gasteiger partial charge in [-0.2, -0.15) is 0 Å². The van der Waals surface area contributed by atoms with E-state index >= 15 is 0 Å². The molecular formula is C16H12KN2O4. The van der Waals surface area contributed by atoms with Gasteiger partial charge in [0.05, 0.1) is 12.6 Å². The minimum Gasteiger partial charge on any atom is -0.497 e. The monoisotopic (exact) mass is 335 g/mol. The molecule has 0 amide bonds. The molecule has 7 heteroatoms. The number of pyridine rings is 1. The first-order chi connectivity index (χ1) is 10.7. The van der Waals surface area contributed by atoms with E-state index in [1.54, 1.807) is 13.3 Å². The summed E-state index contributed by atoms with van der Waals surface area (Å²) in [6.07, 6.45) is 3.24. The smallest absolute Gasteiger partial charge is 0.376 e. The standard InChI is InChI=1S/C16H12N2O4.K/c1-21-11-4-2-10(3-5-11)12-6-7-17-16-13(8-18-15(12)16)22-14(20)9-19;/h2-9,18H,1H3;. The molecule has 0 fully saturated rings. The van der Waals surface area contributed by atoms with Crippen LogP contribution in [0.25, 0.3) is 22.2 Å². The fraction of sp³-hybridized carbons (Fsp3) is 0.0625. The van der Waals surface area contributed by atoms with Crippen LogP contribution < -0.4 is 9.47 Å². The number of hydrogen-bond donors (Lipinski definition) is 1. The average Bonchev–Trinajstić information content (AvgIpc) is 2.98. The average molecular weight is 335 g/mol. The predicted octanol–water partition coefficient (Wildman–Crippen LogP) is 1.96. The second-order valence-corrected chi connectivity index (χ2v) is 4.50. The summed E-state index contributed by atoms with van der Waals surface area (Å²) in [4.78, 5) is 28.7. The first-order valence-electron chi connectivity index (χ1n) is 6.50. The van der Waals surface area contributed by atoms with Gasteiger partial charge in [-0.3, -0.25) is 9.78 Å². The summed E-state index contributed by atoms with van der Waals surface area (Å²) < 4.78 is 10.1. The Morgan fingerprint density at radius 3 is 2.61 bits per heavy atom. The first-order valence-corrected chi connectivity index (χ1v) is 6.50. The van der Waals surface area contributed by atoms with Crippen molar-refractivity contribution in [3.8, 4) is 22.6 Å². The van der Waals surface area contributed by atoms with E-state index in [0.29, 0.717) is 5.52 Å². The normalized spacial score (nSPS) is 9.96. The molecular weight excluding hydrogens is 323 g/mol. The van der Waals surface area contributed by atoms with Crippen molar-refractivity contribution in [1.82, 2.24) is 9.97 Å². The quantitative estimate of drug-likeness (QED) is 0.341. The van der Waals surface area contributed by atoms with E-state index in [-0.39, 0.29) is 63.4 Å². The van der Waals surface area contributed by atoms with Crippen molar-refractivity contribution >= 4 is 74.7 Å². The molecule has 0 saturated heterocycles. The van der Waals surface area contributed by atoms with E-state index in [9.17, 15) is 9.59 Å². The minimum absolute atomic E-state index is 0. The Morgan fingerprint density at radius 1 is 1.22 bits per heavy atom. The summed E-state index contributed by atoms with van der Waals surface area (Å²) in [5.41, 5.74) is 3.08. The van der Waals surface area contributed by atoms with Crippen LogP contribution in [0.15, 0.2) is 42.7 Å². The molecule has 0 aliphatic rings. The Morgan fingerprint density at radius 2 is 1.96 bits per heavy atom. The molecule has 3 rings (SSSR count). The van der Waals surface area contributed by atoms with Crippen molar-refractivity contribution < 1.29 is 19.1 Å². The van der Waals surface area contributed by atoms with Crippen LogP contribution in [0.1, 0.15) is 0 Å². The maximum Gasteiger partial charge on any atom is 0.376 e. The Kier molecular flexibility index (Phi) is 6.08. The maximum absolute atomic E-state index is 11.1.